The number of thiophene rings is 1. The summed E-state index contributed by atoms with van der Waals surface area (Å²) >= 11 is 7.18. The number of alkyl halides is 3. The van der Waals surface area contributed by atoms with Gasteiger partial charge in [0.1, 0.15) is 5.75 Å². The lowest BCUT2D eigenvalue weighted by atomic mass is 10.2. The van der Waals surface area contributed by atoms with Gasteiger partial charge in [0.2, 0.25) is 0 Å². The van der Waals surface area contributed by atoms with Gasteiger partial charge in [-0.2, -0.15) is 0 Å². The molecule has 0 saturated carbocycles. The fraction of sp³-hybridized carbons (Fsp3) is 0.267. The third-order valence-corrected chi connectivity index (χ3v) is 4.21. The average Bonchev–Trinajstić information content (AvgIpc) is 2.89. The van der Waals surface area contributed by atoms with Crippen LogP contribution in [0.2, 0.25) is 4.34 Å². The van der Waals surface area contributed by atoms with Crippen LogP contribution >= 0.6 is 22.9 Å². The van der Waals surface area contributed by atoms with E-state index in [0.717, 1.165) is 4.88 Å². The van der Waals surface area contributed by atoms with Crippen LogP contribution in [-0.2, 0) is 13.1 Å². The van der Waals surface area contributed by atoms with Gasteiger partial charge in [0, 0.05) is 24.0 Å². The van der Waals surface area contributed by atoms with Gasteiger partial charge in [-0.1, -0.05) is 29.8 Å². The summed E-state index contributed by atoms with van der Waals surface area (Å²) in [5, 5.41) is 2.56. The van der Waals surface area contributed by atoms with E-state index in [4.69, 9.17) is 11.6 Å². The second-order valence-corrected chi connectivity index (χ2v) is 6.68. The summed E-state index contributed by atoms with van der Waals surface area (Å²) in [6, 6.07) is 8.79. The van der Waals surface area contributed by atoms with Crippen LogP contribution in [0.4, 0.5) is 18.0 Å². The summed E-state index contributed by atoms with van der Waals surface area (Å²) < 4.78 is 41.7. The van der Waals surface area contributed by atoms with Crippen LogP contribution in [0.15, 0.2) is 36.4 Å². The lowest BCUT2D eigenvalue weighted by Crippen LogP contribution is -2.36. The Morgan fingerprint density at radius 3 is 2.62 bits per heavy atom. The number of ether oxygens (including phenoxy) is 1. The molecule has 130 valence electrons. The minimum atomic E-state index is -4.78. The van der Waals surface area contributed by atoms with E-state index < -0.39 is 12.4 Å². The van der Waals surface area contributed by atoms with Gasteiger partial charge in [0.25, 0.3) is 0 Å². The van der Waals surface area contributed by atoms with E-state index >= 15 is 0 Å². The normalized spacial score (nSPS) is 11.2. The minimum absolute atomic E-state index is 0.0827. The molecule has 1 aromatic carbocycles. The number of para-hydroxylation sites is 1. The van der Waals surface area contributed by atoms with Crippen molar-refractivity contribution in [3.05, 3.63) is 51.2 Å². The second-order valence-electron chi connectivity index (χ2n) is 4.88. The Labute approximate surface area is 145 Å². The monoisotopic (exact) mass is 378 g/mol. The number of rotatable bonds is 5. The van der Waals surface area contributed by atoms with Crippen LogP contribution in [-0.4, -0.2) is 24.3 Å². The first-order chi connectivity index (χ1) is 11.2. The first kappa shape index (κ1) is 18.4. The number of nitrogens with zero attached hydrogens (tertiary/aromatic N) is 1. The van der Waals surface area contributed by atoms with E-state index in [1.165, 1.54) is 34.4 Å². The van der Waals surface area contributed by atoms with Crippen molar-refractivity contribution in [2.24, 2.45) is 0 Å². The molecule has 0 spiro atoms. The Kier molecular flexibility index (Phi) is 5.95. The van der Waals surface area contributed by atoms with Gasteiger partial charge in [-0.15, -0.1) is 24.5 Å². The number of carbonyl (C=O) groups excluding carboxylic acids is 1. The van der Waals surface area contributed by atoms with E-state index in [9.17, 15) is 18.0 Å². The molecule has 0 atom stereocenters. The van der Waals surface area contributed by atoms with Crippen LogP contribution < -0.4 is 10.1 Å². The number of hydrogen-bond donors (Lipinski definition) is 1. The maximum Gasteiger partial charge on any atom is 0.573 e. The van der Waals surface area contributed by atoms with Gasteiger partial charge in [0.05, 0.1) is 10.9 Å². The lowest BCUT2D eigenvalue weighted by Gasteiger charge is -2.18. The molecule has 1 heterocycles. The first-order valence-corrected chi connectivity index (χ1v) is 8.01. The Bertz CT molecular complexity index is 706. The topological polar surface area (TPSA) is 41.6 Å². The maximum absolute atomic E-state index is 12.4. The molecule has 2 amide bonds. The van der Waals surface area contributed by atoms with Crippen molar-refractivity contribution in [2.45, 2.75) is 19.5 Å². The maximum atomic E-state index is 12.4. The number of carbonyl (C=O) groups is 1. The zero-order valence-corrected chi connectivity index (χ0v) is 14.1. The van der Waals surface area contributed by atoms with Gasteiger partial charge in [-0.05, 0) is 18.2 Å². The zero-order chi connectivity index (χ0) is 17.7. The molecule has 0 aliphatic carbocycles. The molecule has 0 radical (unpaired) electrons. The molecule has 2 rings (SSSR count). The molecule has 9 heteroatoms. The summed E-state index contributed by atoms with van der Waals surface area (Å²) in [6.07, 6.45) is -4.78. The number of benzene rings is 1. The molecule has 1 N–H and O–H groups in total. The zero-order valence-electron chi connectivity index (χ0n) is 12.6. The van der Waals surface area contributed by atoms with Crippen LogP contribution in [0.5, 0.6) is 5.75 Å². The molecule has 0 fully saturated rings. The van der Waals surface area contributed by atoms with Gasteiger partial charge < -0.3 is 15.0 Å². The first-order valence-electron chi connectivity index (χ1n) is 6.81. The highest BCUT2D eigenvalue weighted by Crippen LogP contribution is 2.26. The molecular weight excluding hydrogens is 365 g/mol. The van der Waals surface area contributed by atoms with Crippen molar-refractivity contribution >= 4 is 29.0 Å². The number of nitrogens with one attached hydrogen (secondary N) is 1. The molecule has 0 unspecified atom stereocenters. The summed E-state index contributed by atoms with van der Waals surface area (Å²) in [7, 11) is 1.58. The molecule has 24 heavy (non-hydrogen) atoms. The Hall–Kier alpha value is -1.93. The summed E-state index contributed by atoms with van der Waals surface area (Å²) in [4.78, 5) is 14.4. The van der Waals surface area contributed by atoms with Crippen LogP contribution in [0.1, 0.15) is 10.4 Å². The number of halogens is 4. The number of hydrogen-bond acceptors (Lipinski definition) is 3. The standard InChI is InChI=1S/C15H14ClF3N2O2S/c1-21(9-11-6-7-13(16)24-11)14(22)20-8-10-4-2-3-5-12(10)23-15(17,18)19/h2-7H,8-9H2,1H3,(H,20,22). The largest absolute Gasteiger partial charge is 0.573 e. The molecule has 0 bridgehead atoms. The smallest absolute Gasteiger partial charge is 0.405 e. The van der Waals surface area contributed by atoms with E-state index in [2.05, 4.69) is 10.1 Å². The van der Waals surface area contributed by atoms with Gasteiger partial charge in [0.15, 0.2) is 0 Å². The van der Waals surface area contributed by atoms with Crippen molar-refractivity contribution in [2.75, 3.05) is 7.05 Å². The summed E-state index contributed by atoms with van der Waals surface area (Å²) in [6.45, 7) is 0.268. The third kappa shape index (κ3) is 5.61. The fourth-order valence-corrected chi connectivity index (χ4v) is 3.06. The number of amides is 2. The van der Waals surface area contributed by atoms with E-state index in [0.29, 0.717) is 10.9 Å². The summed E-state index contributed by atoms with van der Waals surface area (Å²) in [5.74, 6) is -0.335. The quantitative estimate of drug-likeness (QED) is 0.823. The predicted octanol–water partition coefficient (Wildman–Crippen LogP) is 4.64. The lowest BCUT2D eigenvalue weighted by molar-refractivity contribution is -0.274. The van der Waals surface area contributed by atoms with Crippen molar-refractivity contribution < 1.29 is 22.7 Å². The van der Waals surface area contributed by atoms with Gasteiger partial charge in [-0.3, -0.25) is 0 Å². The molecule has 2 aromatic rings. The molecular formula is C15H14ClF3N2O2S. The Balaban J connectivity index is 1.94. The van der Waals surface area contributed by atoms with Crippen molar-refractivity contribution in [3.8, 4) is 5.75 Å². The van der Waals surface area contributed by atoms with Crippen LogP contribution in [0.3, 0.4) is 0 Å². The van der Waals surface area contributed by atoms with Crippen LogP contribution in [0.25, 0.3) is 0 Å². The Morgan fingerprint density at radius 1 is 1.29 bits per heavy atom. The van der Waals surface area contributed by atoms with E-state index in [1.54, 1.807) is 19.2 Å². The van der Waals surface area contributed by atoms with Crippen LogP contribution in [0, 0.1) is 0 Å². The van der Waals surface area contributed by atoms with E-state index in [1.807, 2.05) is 6.07 Å². The highest BCUT2D eigenvalue weighted by Gasteiger charge is 2.32. The SMILES string of the molecule is CN(Cc1ccc(Cl)s1)C(=O)NCc1ccccc1OC(F)(F)F. The molecule has 4 nitrogen and oxygen atoms in total. The highest BCUT2D eigenvalue weighted by atomic mass is 35.5. The van der Waals surface area contributed by atoms with Gasteiger partial charge >= 0.3 is 12.4 Å². The highest BCUT2D eigenvalue weighted by molar-refractivity contribution is 7.16. The molecule has 1 aromatic heterocycles. The Morgan fingerprint density at radius 2 is 2.00 bits per heavy atom. The molecule has 0 aliphatic heterocycles. The van der Waals surface area contributed by atoms with E-state index in [-0.39, 0.29) is 17.9 Å². The summed E-state index contributed by atoms with van der Waals surface area (Å²) in [5.41, 5.74) is 0.232. The predicted molar refractivity (Wildman–Crippen MR) is 86.2 cm³/mol. The fourth-order valence-electron chi connectivity index (χ4n) is 1.92. The van der Waals surface area contributed by atoms with Crippen molar-refractivity contribution in [1.82, 2.24) is 10.2 Å². The van der Waals surface area contributed by atoms with Gasteiger partial charge in [-0.25, -0.2) is 4.79 Å². The number of urea groups is 1. The molecule has 0 saturated heterocycles. The third-order valence-electron chi connectivity index (χ3n) is 3.00. The minimum Gasteiger partial charge on any atom is -0.405 e. The average molecular weight is 379 g/mol. The molecule has 0 aliphatic rings. The second kappa shape index (κ2) is 7.76. The van der Waals surface area contributed by atoms with Crippen molar-refractivity contribution in [3.63, 3.8) is 0 Å². The van der Waals surface area contributed by atoms with Crippen molar-refractivity contribution in [1.29, 1.82) is 0 Å².